The number of carbonyl (C=O) groups excluding carboxylic acids is 2. The number of hydrogen-bond acceptors (Lipinski definition) is 4. The zero-order valence-corrected chi connectivity index (χ0v) is 14.8. The third-order valence-electron chi connectivity index (χ3n) is 3.71. The van der Waals surface area contributed by atoms with Crippen molar-refractivity contribution in [2.45, 2.75) is 26.0 Å². The molecule has 0 aromatic heterocycles. The largest absolute Gasteiger partial charge is 0.464 e. The van der Waals surface area contributed by atoms with Crippen molar-refractivity contribution in [2.75, 3.05) is 6.61 Å². The molecule has 0 spiro atoms. The smallest absolute Gasteiger partial charge is 0.408 e. The molecular weight excluding hydrogens is 330 g/mol. The molecule has 5 nitrogen and oxygen atoms in total. The first-order valence-electron chi connectivity index (χ1n) is 8.47. The Morgan fingerprint density at radius 2 is 1.62 bits per heavy atom. The standard InChI is InChI=1S/C21H23NO4/c1-3-25-20(23)19(14-16(2)18-12-8-5-9-13-18)22-21(24)26-15-17-10-6-4-7-11-17/h4-13,19H,2-3,14-15H2,1H3,(H,22,24). The summed E-state index contributed by atoms with van der Waals surface area (Å²) < 4.78 is 10.2. The second-order valence-electron chi connectivity index (χ2n) is 5.68. The van der Waals surface area contributed by atoms with Crippen LogP contribution in [0.25, 0.3) is 5.57 Å². The molecule has 0 aliphatic carbocycles. The zero-order valence-electron chi connectivity index (χ0n) is 14.8. The number of nitrogens with one attached hydrogen (secondary N) is 1. The molecule has 0 radical (unpaired) electrons. The first-order valence-corrected chi connectivity index (χ1v) is 8.47. The number of hydrogen-bond donors (Lipinski definition) is 1. The molecule has 1 N–H and O–H groups in total. The Kier molecular flexibility index (Phi) is 7.43. The molecule has 0 fully saturated rings. The van der Waals surface area contributed by atoms with Crippen LogP contribution in [-0.2, 0) is 20.9 Å². The summed E-state index contributed by atoms with van der Waals surface area (Å²) in [4.78, 5) is 24.3. The summed E-state index contributed by atoms with van der Waals surface area (Å²) >= 11 is 0. The first-order chi connectivity index (χ1) is 12.6. The second-order valence-corrected chi connectivity index (χ2v) is 5.68. The van der Waals surface area contributed by atoms with Crippen molar-refractivity contribution in [3.63, 3.8) is 0 Å². The van der Waals surface area contributed by atoms with E-state index in [9.17, 15) is 9.59 Å². The lowest BCUT2D eigenvalue weighted by molar-refractivity contribution is -0.145. The molecular formula is C21H23NO4. The van der Waals surface area contributed by atoms with Crippen LogP contribution in [0.5, 0.6) is 0 Å². The van der Waals surface area contributed by atoms with E-state index in [0.717, 1.165) is 16.7 Å². The van der Waals surface area contributed by atoms with E-state index in [1.165, 1.54) is 0 Å². The fourth-order valence-electron chi connectivity index (χ4n) is 2.38. The number of esters is 1. The van der Waals surface area contributed by atoms with E-state index >= 15 is 0 Å². The third kappa shape index (κ3) is 6.09. The third-order valence-corrected chi connectivity index (χ3v) is 3.71. The summed E-state index contributed by atoms with van der Waals surface area (Å²) in [6, 6.07) is 17.9. The summed E-state index contributed by atoms with van der Waals surface area (Å²) in [5.74, 6) is -0.513. The lowest BCUT2D eigenvalue weighted by Gasteiger charge is -2.18. The molecule has 136 valence electrons. The molecule has 1 atom stereocenters. The van der Waals surface area contributed by atoms with Crippen molar-refractivity contribution < 1.29 is 19.1 Å². The number of ether oxygens (including phenoxy) is 2. The van der Waals surface area contributed by atoms with Gasteiger partial charge in [-0.05, 0) is 23.6 Å². The fourth-order valence-corrected chi connectivity index (χ4v) is 2.38. The van der Waals surface area contributed by atoms with Crippen LogP contribution in [0.2, 0.25) is 0 Å². The van der Waals surface area contributed by atoms with Crippen molar-refractivity contribution >= 4 is 17.6 Å². The minimum Gasteiger partial charge on any atom is -0.464 e. The Balaban J connectivity index is 1.96. The van der Waals surface area contributed by atoms with Gasteiger partial charge in [-0.2, -0.15) is 0 Å². The van der Waals surface area contributed by atoms with Crippen molar-refractivity contribution in [3.8, 4) is 0 Å². The Hall–Kier alpha value is -3.08. The lowest BCUT2D eigenvalue weighted by Crippen LogP contribution is -2.42. The normalized spacial score (nSPS) is 11.3. The van der Waals surface area contributed by atoms with Crippen LogP contribution in [0.1, 0.15) is 24.5 Å². The van der Waals surface area contributed by atoms with Gasteiger partial charge in [-0.3, -0.25) is 0 Å². The van der Waals surface area contributed by atoms with E-state index in [-0.39, 0.29) is 19.6 Å². The van der Waals surface area contributed by atoms with Gasteiger partial charge in [-0.1, -0.05) is 67.2 Å². The van der Waals surface area contributed by atoms with Crippen molar-refractivity contribution in [2.24, 2.45) is 0 Å². The highest BCUT2D eigenvalue weighted by molar-refractivity contribution is 5.83. The molecule has 0 aliphatic heterocycles. The Bertz CT molecular complexity index is 728. The van der Waals surface area contributed by atoms with Gasteiger partial charge in [0.2, 0.25) is 0 Å². The molecule has 0 heterocycles. The van der Waals surface area contributed by atoms with E-state index in [0.29, 0.717) is 0 Å². The van der Waals surface area contributed by atoms with Gasteiger partial charge in [0.05, 0.1) is 6.61 Å². The molecule has 0 bridgehead atoms. The average molecular weight is 353 g/mol. The van der Waals surface area contributed by atoms with Gasteiger partial charge < -0.3 is 14.8 Å². The lowest BCUT2D eigenvalue weighted by atomic mass is 10.0. The highest BCUT2D eigenvalue weighted by atomic mass is 16.6. The molecule has 0 aliphatic rings. The quantitative estimate of drug-likeness (QED) is 0.730. The van der Waals surface area contributed by atoms with Crippen LogP contribution in [0.15, 0.2) is 67.2 Å². The van der Waals surface area contributed by atoms with Crippen LogP contribution >= 0.6 is 0 Å². The number of carbonyl (C=O) groups is 2. The summed E-state index contributed by atoms with van der Waals surface area (Å²) in [5, 5.41) is 2.58. The number of alkyl carbamates (subject to hydrolysis) is 1. The van der Waals surface area contributed by atoms with Gasteiger partial charge in [0.25, 0.3) is 0 Å². The predicted molar refractivity (Wildman–Crippen MR) is 100 cm³/mol. The maximum absolute atomic E-state index is 12.2. The summed E-state index contributed by atoms with van der Waals surface area (Å²) in [7, 11) is 0. The highest BCUT2D eigenvalue weighted by Gasteiger charge is 2.24. The summed E-state index contributed by atoms with van der Waals surface area (Å²) in [6.07, 6.45) is -0.434. The Morgan fingerprint density at radius 3 is 2.23 bits per heavy atom. The van der Waals surface area contributed by atoms with Crippen molar-refractivity contribution in [1.82, 2.24) is 5.32 Å². The average Bonchev–Trinajstić information content (AvgIpc) is 2.67. The maximum atomic E-state index is 12.2. The molecule has 2 rings (SSSR count). The Labute approximate surface area is 153 Å². The molecule has 0 saturated carbocycles. The van der Waals surface area contributed by atoms with Crippen LogP contribution < -0.4 is 5.32 Å². The van der Waals surface area contributed by atoms with Gasteiger partial charge in [0, 0.05) is 6.42 Å². The van der Waals surface area contributed by atoms with E-state index in [1.54, 1.807) is 6.92 Å². The van der Waals surface area contributed by atoms with Gasteiger partial charge in [-0.25, -0.2) is 9.59 Å². The molecule has 0 saturated heterocycles. The van der Waals surface area contributed by atoms with E-state index in [1.807, 2.05) is 60.7 Å². The van der Waals surface area contributed by atoms with Gasteiger partial charge >= 0.3 is 12.1 Å². The maximum Gasteiger partial charge on any atom is 0.408 e. The number of rotatable bonds is 8. The molecule has 1 unspecified atom stereocenters. The van der Waals surface area contributed by atoms with Gasteiger partial charge in [-0.15, -0.1) is 0 Å². The summed E-state index contributed by atoms with van der Waals surface area (Å²) in [5.41, 5.74) is 2.50. The van der Waals surface area contributed by atoms with Crippen LogP contribution in [0, 0.1) is 0 Å². The van der Waals surface area contributed by atoms with E-state index < -0.39 is 18.1 Å². The number of amides is 1. The highest BCUT2D eigenvalue weighted by Crippen LogP contribution is 2.18. The SMILES string of the molecule is C=C(CC(NC(=O)OCc1ccccc1)C(=O)OCC)c1ccccc1. The summed E-state index contributed by atoms with van der Waals surface area (Å²) in [6.45, 7) is 6.08. The molecule has 2 aromatic rings. The topological polar surface area (TPSA) is 64.6 Å². The fraction of sp³-hybridized carbons (Fsp3) is 0.238. The predicted octanol–water partition coefficient (Wildman–Crippen LogP) is 3.95. The van der Waals surface area contributed by atoms with Gasteiger partial charge in [0.1, 0.15) is 12.6 Å². The van der Waals surface area contributed by atoms with Crippen LogP contribution in [-0.4, -0.2) is 24.7 Å². The molecule has 1 amide bonds. The molecule has 26 heavy (non-hydrogen) atoms. The molecule has 2 aromatic carbocycles. The first kappa shape index (κ1) is 19.2. The van der Waals surface area contributed by atoms with E-state index in [4.69, 9.17) is 9.47 Å². The monoisotopic (exact) mass is 353 g/mol. The minimum atomic E-state index is -0.856. The van der Waals surface area contributed by atoms with Crippen LogP contribution in [0.4, 0.5) is 4.79 Å². The van der Waals surface area contributed by atoms with E-state index in [2.05, 4.69) is 11.9 Å². The Morgan fingerprint density at radius 1 is 1.00 bits per heavy atom. The van der Waals surface area contributed by atoms with Gasteiger partial charge in [0.15, 0.2) is 0 Å². The minimum absolute atomic E-state index is 0.127. The van der Waals surface area contributed by atoms with Crippen molar-refractivity contribution in [3.05, 3.63) is 78.4 Å². The number of benzene rings is 2. The molecule has 5 heteroatoms. The van der Waals surface area contributed by atoms with Crippen molar-refractivity contribution in [1.29, 1.82) is 0 Å². The zero-order chi connectivity index (χ0) is 18.8. The second kappa shape index (κ2) is 10.0. The van der Waals surface area contributed by atoms with Crippen LogP contribution in [0.3, 0.4) is 0 Å².